The Hall–Kier alpha value is -3.48. The first-order valence-corrected chi connectivity index (χ1v) is 10.5. The van der Waals surface area contributed by atoms with E-state index in [1.165, 1.54) is 0 Å². The molecule has 7 nitrogen and oxygen atoms in total. The van der Waals surface area contributed by atoms with Crippen molar-refractivity contribution in [2.45, 2.75) is 25.9 Å². The number of rotatable bonds is 4. The zero-order valence-corrected chi connectivity index (χ0v) is 17.3. The van der Waals surface area contributed by atoms with Crippen molar-refractivity contribution in [1.82, 2.24) is 4.90 Å². The van der Waals surface area contributed by atoms with Gasteiger partial charge in [-0.3, -0.25) is 14.4 Å². The molecule has 7 heteroatoms. The highest BCUT2D eigenvalue weighted by molar-refractivity contribution is 6.13. The van der Waals surface area contributed by atoms with Gasteiger partial charge in [0.15, 0.2) is 11.9 Å². The molecule has 1 aromatic carbocycles. The first-order valence-electron chi connectivity index (χ1n) is 10.5. The van der Waals surface area contributed by atoms with Gasteiger partial charge in [-0.15, -0.1) is 0 Å². The monoisotopic (exact) mass is 420 g/mol. The molecule has 2 amide bonds. The summed E-state index contributed by atoms with van der Waals surface area (Å²) < 4.78 is 10.9. The molecule has 160 valence electrons. The van der Waals surface area contributed by atoms with Crippen molar-refractivity contribution in [3.8, 4) is 0 Å². The van der Waals surface area contributed by atoms with E-state index in [-0.39, 0.29) is 29.7 Å². The zero-order chi connectivity index (χ0) is 21.8. The van der Waals surface area contributed by atoms with Gasteiger partial charge < -0.3 is 14.4 Å². The maximum Gasteiger partial charge on any atom is 0.312 e. The number of ether oxygens (including phenoxy) is 2. The number of hydrogen-bond donors (Lipinski definition) is 0. The van der Waals surface area contributed by atoms with Gasteiger partial charge in [0.25, 0.3) is 5.91 Å². The van der Waals surface area contributed by atoms with E-state index in [9.17, 15) is 14.4 Å². The Morgan fingerprint density at radius 3 is 2.84 bits per heavy atom. The third kappa shape index (κ3) is 4.66. The maximum absolute atomic E-state index is 12.9. The second-order valence-corrected chi connectivity index (χ2v) is 7.60. The molecule has 1 aromatic rings. The predicted octanol–water partition coefficient (Wildman–Crippen LogP) is 2.94. The SMILES string of the molecule is CCOC(=O)C1CCCN(C(=O)c2ccc(/C=C3\OC4C=CC=CC4=NC3=O)cc2)C1. The fourth-order valence-electron chi connectivity index (χ4n) is 3.84. The van der Waals surface area contributed by atoms with Gasteiger partial charge in [-0.2, -0.15) is 0 Å². The number of hydrogen-bond acceptors (Lipinski definition) is 5. The molecule has 1 fully saturated rings. The summed E-state index contributed by atoms with van der Waals surface area (Å²) in [5.74, 6) is -0.893. The van der Waals surface area contributed by atoms with E-state index < -0.39 is 5.91 Å². The highest BCUT2D eigenvalue weighted by Crippen LogP contribution is 2.22. The summed E-state index contributed by atoms with van der Waals surface area (Å²) in [7, 11) is 0. The van der Waals surface area contributed by atoms with Gasteiger partial charge in [-0.25, -0.2) is 4.99 Å². The van der Waals surface area contributed by atoms with E-state index in [4.69, 9.17) is 9.47 Å². The number of fused-ring (bicyclic) bond motifs is 1. The quantitative estimate of drug-likeness (QED) is 0.552. The number of likely N-dealkylation sites (tertiary alicyclic amines) is 1. The highest BCUT2D eigenvalue weighted by Gasteiger charge is 2.30. The van der Waals surface area contributed by atoms with Crippen molar-refractivity contribution in [2.24, 2.45) is 10.9 Å². The van der Waals surface area contributed by atoms with E-state index in [1.807, 2.05) is 18.2 Å². The fourth-order valence-corrected chi connectivity index (χ4v) is 3.84. The molecular weight excluding hydrogens is 396 g/mol. The topological polar surface area (TPSA) is 85.3 Å². The Morgan fingerprint density at radius 1 is 1.26 bits per heavy atom. The minimum absolute atomic E-state index is 0.119. The molecule has 3 aliphatic rings. The van der Waals surface area contributed by atoms with E-state index in [0.717, 1.165) is 18.4 Å². The lowest BCUT2D eigenvalue weighted by molar-refractivity contribution is -0.149. The molecule has 0 saturated carbocycles. The van der Waals surface area contributed by atoms with Gasteiger partial charge in [0.1, 0.15) is 0 Å². The first-order chi connectivity index (χ1) is 15.0. The van der Waals surface area contributed by atoms with Crippen LogP contribution in [0, 0.1) is 5.92 Å². The van der Waals surface area contributed by atoms with Crippen LogP contribution in [0.2, 0.25) is 0 Å². The maximum atomic E-state index is 12.9. The van der Waals surface area contributed by atoms with Gasteiger partial charge in [0, 0.05) is 18.7 Å². The van der Waals surface area contributed by atoms with E-state index >= 15 is 0 Å². The standard InChI is InChI=1S/C24H24N2O5/c1-2-30-24(29)18-6-5-13-26(15-18)23(28)17-11-9-16(10-12-17)14-21-22(27)25-19-7-3-4-8-20(19)31-21/h3-4,7-12,14,18,20H,2,5-6,13,15H2,1H3/b21-14-. The van der Waals surface area contributed by atoms with Crippen LogP contribution in [0.1, 0.15) is 35.7 Å². The molecule has 0 radical (unpaired) electrons. The number of aliphatic imine (C=N–C) groups is 1. The fraction of sp³-hybridized carbons (Fsp3) is 0.333. The van der Waals surface area contributed by atoms with Gasteiger partial charge in [0.05, 0.1) is 18.2 Å². The summed E-state index contributed by atoms with van der Waals surface area (Å²) in [5.41, 5.74) is 1.85. The van der Waals surface area contributed by atoms with Crippen LogP contribution in [-0.2, 0) is 19.1 Å². The molecule has 4 rings (SSSR count). The molecule has 0 N–H and O–H groups in total. The normalized spacial score (nSPS) is 23.8. The summed E-state index contributed by atoms with van der Waals surface area (Å²) in [6, 6.07) is 6.96. The van der Waals surface area contributed by atoms with Crippen LogP contribution in [0.4, 0.5) is 0 Å². The third-order valence-corrected chi connectivity index (χ3v) is 5.43. The number of amides is 2. The number of esters is 1. The third-order valence-electron chi connectivity index (χ3n) is 5.43. The molecule has 2 heterocycles. The van der Waals surface area contributed by atoms with Crippen molar-refractivity contribution in [2.75, 3.05) is 19.7 Å². The average molecular weight is 420 g/mol. The van der Waals surface area contributed by atoms with Crippen molar-refractivity contribution in [1.29, 1.82) is 0 Å². The van der Waals surface area contributed by atoms with Crippen LogP contribution in [0.15, 0.2) is 59.3 Å². The molecular formula is C24H24N2O5. The second kappa shape index (κ2) is 9.12. The largest absolute Gasteiger partial charge is 0.474 e. The Balaban J connectivity index is 1.44. The van der Waals surface area contributed by atoms with Crippen molar-refractivity contribution in [3.63, 3.8) is 0 Å². The minimum Gasteiger partial charge on any atom is -0.474 e. The van der Waals surface area contributed by atoms with Crippen LogP contribution in [0.5, 0.6) is 0 Å². The van der Waals surface area contributed by atoms with E-state index in [2.05, 4.69) is 4.99 Å². The summed E-state index contributed by atoms with van der Waals surface area (Å²) >= 11 is 0. The van der Waals surface area contributed by atoms with E-state index in [0.29, 0.717) is 31.0 Å². The molecule has 1 aliphatic carbocycles. The smallest absolute Gasteiger partial charge is 0.312 e. The van der Waals surface area contributed by atoms with Crippen LogP contribution in [0.25, 0.3) is 6.08 Å². The molecule has 2 aliphatic heterocycles. The minimum atomic E-state index is -0.426. The van der Waals surface area contributed by atoms with Crippen LogP contribution < -0.4 is 0 Å². The predicted molar refractivity (Wildman–Crippen MR) is 115 cm³/mol. The van der Waals surface area contributed by atoms with Crippen molar-refractivity contribution < 1.29 is 23.9 Å². The lowest BCUT2D eigenvalue weighted by Gasteiger charge is -2.31. The lowest BCUT2D eigenvalue weighted by Crippen LogP contribution is -2.42. The number of nitrogens with zero attached hydrogens (tertiary/aromatic N) is 2. The second-order valence-electron chi connectivity index (χ2n) is 7.60. The summed E-state index contributed by atoms with van der Waals surface area (Å²) in [4.78, 5) is 42.9. The number of carbonyl (C=O) groups is 3. The number of carbonyl (C=O) groups excluding carboxylic acids is 3. The Labute approximate surface area is 180 Å². The molecule has 31 heavy (non-hydrogen) atoms. The van der Waals surface area contributed by atoms with Crippen molar-refractivity contribution in [3.05, 3.63) is 65.5 Å². The van der Waals surface area contributed by atoms with Crippen molar-refractivity contribution >= 4 is 29.6 Å². The number of allylic oxidation sites excluding steroid dienone is 2. The zero-order valence-electron chi connectivity index (χ0n) is 17.3. The number of benzene rings is 1. The Kier molecular flexibility index (Phi) is 6.11. The van der Waals surface area contributed by atoms with Gasteiger partial charge in [-0.05, 0) is 55.7 Å². The van der Waals surface area contributed by atoms with Crippen LogP contribution in [0.3, 0.4) is 0 Å². The average Bonchev–Trinajstić information content (AvgIpc) is 2.80. The molecule has 1 saturated heterocycles. The number of piperidine rings is 1. The molecule has 2 atom stereocenters. The van der Waals surface area contributed by atoms with Gasteiger partial charge in [0.2, 0.25) is 0 Å². The van der Waals surface area contributed by atoms with Crippen LogP contribution >= 0.6 is 0 Å². The highest BCUT2D eigenvalue weighted by atomic mass is 16.5. The first kappa shape index (κ1) is 20.8. The Morgan fingerprint density at radius 2 is 2.06 bits per heavy atom. The summed E-state index contributed by atoms with van der Waals surface area (Å²) in [5, 5.41) is 0. The van der Waals surface area contributed by atoms with E-state index in [1.54, 1.807) is 48.2 Å². The van der Waals surface area contributed by atoms with Gasteiger partial charge >= 0.3 is 11.9 Å². The van der Waals surface area contributed by atoms with Gasteiger partial charge in [-0.1, -0.05) is 24.3 Å². The molecule has 0 aromatic heterocycles. The molecule has 0 bridgehead atoms. The Bertz CT molecular complexity index is 1000. The van der Waals surface area contributed by atoms with Crippen LogP contribution in [-0.4, -0.2) is 54.2 Å². The molecule has 2 unspecified atom stereocenters. The summed E-state index contributed by atoms with van der Waals surface area (Å²) in [6.07, 6.45) is 10.0. The lowest BCUT2D eigenvalue weighted by atomic mass is 9.97. The molecule has 0 spiro atoms. The summed E-state index contributed by atoms with van der Waals surface area (Å²) in [6.45, 7) is 3.11.